The Morgan fingerprint density at radius 1 is 1.20 bits per heavy atom. The quantitative estimate of drug-likeness (QED) is 0.396. The summed E-state index contributed by atoms with van der Waals surface area (Å²) in [5, 5.41) is 3.34. The number of hydrogen-bond donors (Lipinski definition) is 1. The topological polar surface area (TPSA) is 49.8 Å². The summed E-state index contributed by atoms with van der Waals surface area (Å²) in [5.74, 6) is 1.79. The number of pyridine rings is 1. The molecule has 0 aliphatic heterocycles. The van der Waals surface area contributed by atoms with E-state index in [4.69, 9.17) is 9.73 Å². The summed E-state index contributed by atoms with van der Waals surface area (Å²) in [6.45, 7) is 4.35. The highest BCUT2D eigenvalue weighted by molar-refractivity contribution is 14.0. The van der Waals surface area contributed by atoms with Crippen LogP contribution in [0.4, 0.5) is 0 Å². The molecule has 0 saturated heterocycles. The van der Waals surface area contributed by atoms with E-state index < -0.39 is 0 Å². The van der Waals surface area contributed by atoms with Crippen molar-refractivity contribution in [1.82, 2.24) is 15.2 Å². The molecule has 136 valence electrons. The Hall–Kier alpha value is -1.83. The maximum absolute atomic E-state index is 5.43. The van der Waals surface area contributed by atoms with Crippen LogP contribution in [-0.4, -0.2) is 43.1 Å². The molecule has 1 heterocycles. The van der Waals surface area contributed by atoms with Gasteiger partial charge in [0.15, 0.2) is 5.96 Å². The molecule has 1 aromatic carbocycles. The number of halogens is 1. The molecular weight excluding hydrogens is 427 g/mol. The molecule has 2 rings (SSSR count). The van der Waals surface area contributed by atoms with Crippen molar-refractivity contribution < 1.29 is 4.74 Å². The zero-order valence-electron chi connectivity index (χ0n) is 15.1. The van der Waals surface area contributed by atoms with Gasteiger partial charge in [-0.25, -0.2) is 0 Å². The Bertz CT molecular complexity index is 649. The molecule has 0 saturated carbocycles. The van der Waals surface area contributed by atoms with E-state index in [1.165, 1.54) is 0 Å². The number of aromatic nitrogens is 1. The van der Waals surface area contributed by atoms with Crippen molar-refractivity contribution in [3.8, 4) is 5.75 Å². The largest absolute Gasteiger partial charge is 0.496 e. The SMILES string of the molecule is CCNC(=NCCc1ccccn1)N(C)Cc1ccccc1OC.I. The molecule has 0 atom stereocenters. The van der Waals surface area contributed by atoms with Gasteiger partial charge in [0, 0.05) is 50.6 Å². The third kappa shape index (κ3) is 6.89. The van der Waals surface area contributed by atoms with Crippen LogP contribution < -0.4 is 10.1 Å². The summed E-state index contributed by atoms with van der Waals surface area (Å²) in [5.41, 5.74) is 2.20. The Labute approximate surface area is 167 Å². The van der Waals surface area contributed by atoms with E-state index in [0.717, 1.165) is 42.5 Å². The number of rotatable bonds is 7. The predicted octanol–water partition coefficient (Wildman–Crippen LogP) is 3.35. The van der Waals surface area contributed by atoms with E-state index in [-0.39, 0.29) is 24.0 Å². The Morgan fingerprint density at radius 3 is 2.64 bits per heavy atom. The summed E-state index contributed by atoms with van der Waals surface area (Å²) in [4.78, 5) is 11.2. The third-order valence-electron chi connectivity index (χ3n) is 3.65. The number of nitrogens with one attached hydrogen (secondary N) is 1. The molecule has 0 unspecified atom stereocenters. The minimum atomic E-state index is 0. The van der Waals surface area contributed by atoms with Crippen molar-refractivity contribution >= 4 is 29.9 Å². The first-order chi connectivity index (χ1) is 11.7. The number of guanidine groups is 1. The molecule has 0 spiro atoms. The Kier molecular flexibility index (Phi) is 9.91. The van der Waals surface area contributed by atoms with Gasteiger partial charge in [-0.1, -0.05) is 24.3 Å². The number of para-hydroxylation sites is 1. The molecule has 1 aromatic heterocycles. The first-order valence-corrected chi connectivity index (χ1v) is 8.25. The van der Waals surface area contributed by atoms with Crippen LogP contribution in [0.5, 0.6) is 5.75 Å². The zero-order valence-corrected chi connectivity index (χ0v) is 17.4. The highest BCUT2D eigenvalue weighted by Crippen LogP contribution is 2.18. The molecule has 5 nitrogen and oxygen atoms in total. The minimum Gasteiger partial charge on any atom is -0.496 e. The van der Waals surface area contributed by atoms with Crippen LogP contribution >= 0.6 is 24.0 Å². The highest BCUT2D eigenvalue weighted by Gasteiger charge is 2.09. The van der Waals surface area contributed by atoms with Crippen LogP contribution in [0.25, 0.3) is 0 Å². The van der Waals surface area contributed by atoms with Crippen molar-refractivity contribution in [2.75, 3.05) is 27.2 Å². The van der Waals surface area contributed by atoms with Gasteiger partial charge in [0.1, 0.15) is 5.75 Å². The van der Waals surface area contributed by atoms with Gasteiger partial charge < -0.3 is 15.0 Å². The number of nitrogens with zero attached hydrogens (tertiary/aromatic N) is 3. The van der Waals surface area contributed by atoms with Crippen LogP contribution in [0.2, 0.25) is 0 Å². The van der Waals surface area contributed by atoms with Crippen LogP contribution in [-0.2, 0) is 13.0 Å². The molecule has 2 aromatic rings. The average molecular weight is 454 g/mol. The summed E-state index contributed by atoms with van der Waals surface area (Å²) < 4.78 is 5.43. The second-order valence-corrected chi connectivity index (χ2v) is 5.47. The fraction of sp³-hybridized carbons (Fsp3) is 0.368. The maximum Gasteiger partial charge on any atom is 0.193 e. The van der Waals surface area contributed by atoms with Gasteiger partial charge >= 0.3 is 0 Å². The lowest BCUT2D eigenvalue weighted by atomic mass is 10.2. The van der Waals surface area contributed by atoms with E-state index in [1.54, 1.807) is 7.11 Å². The fourth-order valence-electron chi connectivity index (χ4n) is 2.46. The summed E-state index contributed by atoms with van der Waals surface area (Å²) in [6, 6.07) is 14.0. The van der Waals surface area contributed by atoms with Gasteiger partial charge in [0.05, 0.1) is 7.11 Å². The summed E-state index contributed by atoms with van der Waals surface area (Å²) in [7, 11) is 3.74. The first kappa shape index (κ1) is 21.2. The second kappa shape index (κ2) is 11.7. The maximum atomic E-state index is 5.43. The number of ether oxygens (including phenoxy) is 1. The van der Waals surface area contributed by atoms with Gasteiger partial charge in [-0.2, -0.15) is 0 Å². The summed E-state index contributed by atoms with van der Waals surface area (Å²) >= 11 is 0. The second-order valence-electron chi connectivity index (χ2n) is 5.47. The lowest BCUT2D eigenvalue weighted by molar-refractivity contribution is 0.396. The normalized spacial score (nSPS) is 10.8. The van der Waals surface area contributed by atoms with Gasteiger partial charge in [-0.3, -0.25) is 9.98 Å². The smallest absolute Gasteiger partial charge is 0.193 e. The molecule has 25 heavy (non-hydrogen) atoms. The lowest BCUT2D eigenvalue weighted by Crippen LogP contribution is -2.38. The molecule has 6 heteroatoms. The van der Waals surface area contributed by atoms with E-state index in [2.05, 4.69) is 28.2 Å². The van der Waals surface area contributed by atoms with Gasteiger partial charge in [-0.05, 0) is 25.1 Å². The lowest BCUT2D eigenvalue weighted by Gasteiger charge is -2.23. The Balaban J connectivity index is 0.00000312. The third-order valence-corrected chi connectivity index (χ3v) is 3.65. The number of benzene rings is 1. The monoisotopic (exact) mass is 454 g/mol. The van der Waals surface area contributed by atoms with Crippen LogP contribution in [0.1, 0.15) is 18.2 Å². The van der Waals surface area contributed by atoms with E-state index in [9.17, 15) is 0 Å². The highest BCUT2D eigenvalue weighted by atomic mass is 127. The standard InChI is InChI=1S/C19H26N4O.HI/c1-4-20-19(22-14-12-17-10-7-8-13-21-17)23(2)15-16-9-5-6-11-18(16)24-3;/h5-11,13H,4,12,14-15H2,1-3H3,(H,20,22);1H. The molecule has 0 bridgehead atoms. The first-order valence-electron chi connectivity index (χ1n) is 8.25. The zero-order chi connectivity index (χ0) is 17.2. The summed E-state index contributed by atoms with van der Waals surface area (Å²) in [6.07, 6.45) is 2.65. The van der Waals surface area contributed by atoms with Crippen molar-refractivity contribution in [2.45, 2.75) is 19.9 Å². The molecule has 0 aliphatic rings. The molecule has 0 amide bonds. The molecular formula is C19H27IN4O. The van der Waals surface area contributed by atoms with Gasteiger partial charge in [0.2, 0.25) is 0 Å². The van der Waals surface area contributed by atoms with Gasteiger partial charge in [-0.15, -0.1) is 24.0 Å². The van der Waals surface area contributed by atoms with Crippen LogP contribution in [0.3, 0.4) is 0 Å². The van der Waals surface area contributed by atoms with Crippen LogP contribution in [0, 0.1) is 0 Å². The molecule has 0 radical (unpaired) electrons. The van der Waals surface area contributed by atoms with Crippen LogP contribution in [0.15, 0.2) is 53.7 Å². The van der Waals surface area contributed by atoms with E-state index in [0.29, 0.717) is 6.54 Å². The number of hydrogen-bond acceptors (Lipinski definition) is 3. The van der Waals surface area contributed by atoms with Crippen molar-refractivity contribution in [3.63, 3.8) is 0 Å². The predicted molar refractivity (Wildman–Crippen MR) is 114 cm³/mol. The van der Waals surface area contributed by atoms with Gasteiger partial charge in [0.25, 0.3) is 0 Å². The number of methoxy groups -OCH3 is 1. The van der Waals surface area contributed by atoms with Crippen molar-refractivity contribution in [1.29, 1.82) is 0 Å². The van der Waals surface area contributed by atoms with E-state index in [1.807, 2.05) is 49.6 Å². The van der Waals surface area contributed by atoms with E-state index >= 15 is 0 Å². The molecule has 1 N–H and O–H groups in total. The molecule has 0 fully saturated rings. The average Bonchev–Trinajstić information content (AvgIpc) is 2.62. The fourth-order valence-corrected chi connectivity index (χ4v) is 2.46. The minimum absolute atomic E-state index is 0. The van der Waals surface area contributed by atoms with Crippen molar-refractivity contribution in [3.05, 3.63) is 59.9 Å². The number of aliphatic imine (C=N–C) groups is 1. The van der Waals surface area contributed by atoms with Crippen molar-refractivity contribution in [2.24, 2.45) is 4.99 Å². The Morgan fingerprint density at radius 2 is 1.96 bits per heavy atom. The molecule has 0 aliphatic carbocycles.